The van der Waals surface area contributed by atoms with Crippen molar-refractivity contribution in [2.45, 2.75) is 25.8 Å². The summed E-state index contributed by atoms with van der Waals surface area (Å²) in [4.78, 5) is 59.1. The number of carbonyl (C=O) groups excluding carboxylic acids is 5. The lowest BCUT2D eigenvalue weighted by Gasteiger charge is -2.22. The number of ether oxygens (including phenoxy) is 1. The molecule has 2 N–H and O–H groups in total. The van der Waals surface area contributed by atoms with Crippen molar-refractivity contribution in [3.63, 3.8) is 0 Å². The molecule has 1 atom stereocenters. The molecule has 1 heterocycles. The van der Waals surface area contributed by atoms with Gasteiger partial charge in [0.15, 0.2) is 5.78 Å². The summed E-state index contributed by atoms with van der Waals surface area (Å²) in [5, 5.41) is 0. The summed E-state index contributed by atoms with van der Waals surface area (Å²) in [5.41, 5.74) is 5.33. The summed E-state index contributed by atoms with van der Waals surface area (Å²) in [6, 6.07) is 3.17. The number of benzene rings is 1. The number of Topliss-reactive ketones (excluding diaryl/α,β-unsaturated/α-hetero) is 1. The first-order chi connectivity index (χ1) is 11.4. The molecule has 0 radical (unpaired) electrons. The van der Waals surface area contributed by atoms with Gasteiger partial charge in [0.05, 0.1) is 11.1 Å². The van der Waals surface area contributed by atoms with Crippen molar-refractivity contribution >= 4 is 29.8 Å². The lowest BCUT2D eigenvalue weighted by Crippen LogP contribution is -2.47. The van der Waals surface area contributed by atoms with E-state index < -0.39 is 23.8 Å². The number of carbonyl (C=O) groups is 5. The molecular weight excluding hydrogens is 316 g/mol. The molecule has 0 saturated carbocycles. The smallest absolute Gasteiger partial charge is 0.266 e. The summed E-state index contributed by atoms with van der Waals surface area (Å²) in [7, 11) is 0. The number of nitrogens with two attached hydrogens (primary N) is 1. The second-order valence-corrected chi connectivity index (χ2v) is 5.31. The Morgan fingerprint density at radius 3 is 2.58 bits per heavy atom. The quantitative estimate of drug-likeness (QED) is 0.531. The molecule has 1 aliphatic rings. The van der Waals surface area contributed by atoms with E-state index in [1.165, 1.54) is 25.1 Å². The molecule has 2 rings (SSSR count). The molecule has 0 saturated heterocycles. The van der Waals surface area contributed by atoms with E-state index in [4.69, 9.17) is 10.5 Å². The number of hydrogen-bond acceptors (Lipinski definition) is 6. The van der Waals surface area contributed by atoms with Gasteiger partial charge >= 0.3 is 0 Å². The number of aldehydes is 1. The molecule has 0 aliphatic carbocycles. The fraction of sp³-hybridized carbons (Fsp3) is 0.312. The normalized spacial score (nSPS) is 14.3. The van der Waals surface area contributed by atoms with E-state index in [2.05, 4.69) is 0 Å². The average molecular weight is 332 g/mol. The Labute approximate surface area is 137 Å². The van der Waals surface area contributed by atoms with Crippen LogP contribution in [-0.2, 0) is 14.4 Å². The number of primary amides is 1. The van der Waals surface area contributed by atoms with Crippen molar-refractivity contribution < 1.29 is 28.7 Å². The molecule has 8 nitrogen and oxygen atoms in total. The molecule has 126 valence electrons. The third-order valence-corrected chi connectivity index (χ3v) is 3.54. The van der Waals surface area contributed by atoms with Gasteiger partial charge in [0.25, 0.3) is 11.8 Å². The zero-order valence-corrected chi connectivity index (χ0v) is 13.0. The van der Waals surface area contributed by atoms with Crippen molar-refractivity contribution in [1.29, 1.82) is 0 Å². The number of imide groups is 1. The molecule has 1 aromatic carbocycles. The van der Waals surface area contributed by atoms with Gasteiger partial charge in [-0.3, -0.25) is 24.1 Å². The highest BCUT2D eigenvalue weighted by atomic mass is 16.5. The molecule has 1 aliphatic heterocycles. The molecule has 0 aromatic heterocycles. The maximum Gasteiger partial charge on any atom is 0.266 e. The first-order valence-corrected chi connectivity index (χ1v) is 7.24. The van der Waals surface area contributed by atoms with Gasteiger partial charge in [0.1, 0.15) is 24.7 Å². The standard InChI is InChI=1S/C16H16N2O6/c1-9(20)8-24-12-6-2-4-10-13(12)16(23)18(15(10)22)11(14(17)21)5-3-7-19/h2,4,6-7,11H,3,5,8H2,1H3,(H2,17,21). The molecule has 8 heteroatoms. The van der Waals surface area contributed by atoms with Crippen molar-refractivity contribution in [3.05, 3.63) is 29.3 Å². The van der Waals surface area contributed by atoms with Gasteiger partial charge in [-0.1, -0.05) is 6.07 Å². The van der Waals surface area contributed by atoms with Crippen LogP contribution in [0.15, 0.2) is 18.2 Å². The van der Waals surface area contributed by atoms with Crippen molar-refractivity contribution in [3.8, 4) is 5.75 Å². The van der Waals surface area contributed by atoms with E-state index >= 15 is 0 Å². The van der Waals surface area contributed by atoms with E-state index in [9.17, 15) is 24.0 Å². The van der Waals surface area contributed by atoms with E-state index in [1.54, 1.807) is 0 Å². The fourth-order valence-electron chi connectivity index (χ4n) is 2.48. The van der Waals surface area contributed by atoms with Crippen LogP contribution in [0.25, 0.3) is 0 Å². The highest BCUT2D eigenvalue weighted by Crippen LogP contribution is 2.32. The number of amides is 3. The minimum Gasteiger partial charge on any atom is -0.485 e. The summed E-state index contributed by atoms with van der Waals surface area (Å²) in [6.07, 6.45) is 0.512. The maximum atomic E-state index is 12.6. The summed E-state index contributed by atoms with van der Waals surface area (Å²) in [5.74, 6) is -2.45. The van der Waals surface area contributed by atoms with E-state index in [0.717, 1.165) is 4.90 Å². The van der Waals surface area contributed by atoms with Crippen LogP contribution in [-0.4, -0.2) is 47.3 Å². The molecule has 1 aromatic rings. The van der Waals surface area contributed by atoms with Crippen LogP contribution in [0.4, 0.5) is 0 Å². The Hall–Kier alpha value is -3.03. The van der Waals surface area contributed by atoms with Gasteiger partial charge in [-0.05, 0) is 25.5 Å². The Kier molecular flexibility index (Phi) is 5.08. The Balaban J connectivity index is 2.39. The zero-order chi connectivity index (χ0) is 17.9. The van der Waals surface area contributed by atoms with E-state index in [1.807, 2.05) is 0 Å². The van der Waals surface area contributed by atoms with E-state index in [-0.39, 0.29) is 42.1 Å². The number of rotatable bonds is 8. The minimum absolute atomic E-state index is 0.0129. The molecular formula is C16H16N2O6. The molecule has 1 unspecified atom stereocenters. The van der Waals surface area contributed by atoms with Crippen molar-refractivity contribution in [1.82, 2.24) is 4.90 Å². The van der Waals surface area contributed by atoms with Crippen LogP contribution >= 0.6 is 0 Å². The molecule has 0 fully saturated rings. The van der Waals surface area contributed by atoms with Crippen LogP contribution in [0.2, 0.25) is 0 Å². The van der Waals surface area contributed by atoms with Crippen LogP contribution in [0.3, 0.4) is 0 Å². The zero-order valence-electron chi connectivity index (χ0n) is 13.0. The Bertz CT molecular complexity index is 727. The topological polar surface area (TPSA) is 124 Å². The number of hydrogen-bond donors (Lipinski definition) is 1. The highest BCUT2D eigenvalue weighted by molar-refractivity contribution is 6.24. The predicted octanol–water partition coefficient (Wildman–Crippen LogP) is 0.0834. The van der Waals surface area contributed by atoms with Crippen LogP contribution in [0, 0.1) is 0 Å². The second kappa shape index (κ2) is 7.03. The Morgan fingerprint density at radius 2 is 2.00 bits per heavy atom. The first kappa shape index (κ1) is 17.3. The van der Waals surface area contributed by atoms with Crippen molar-refractivity contribution in [2.24, 2.45) is 5.73 Å². The fourth-order valence-corrected chi connectivity index (χ4v) is 2.48. The monoisotopic (exact) mass is 332 g/mol. The minimum atomic E-state index is -1.22. The highest BCUT2D eigenvalue weighted by Gasteiger charge is 2.43. The third kappa shape index (κ3) is 3.17. The average Bonchev–Trinajstić information content (AvgIpc) is 2.78. The molecule has 0 spiro atoms. The lowest BCUT2D eigenvalue weighted by molar-refractivity contribution is -0.122. The largest absolute Gasteiger partial charge is 0.485 e. The van der Waals surface area contributed by atoms with Gasteiger partial charge < -0.3 is 15.3 Å². The summed E-state index contributed by atoms with van der Waals surface area (Å²) < 4.78 is 5.28. The number of fused-ring (bicyclic) bond motifs is 1. The van der Waals surface area contributed by atoms with Gasteiger partial charge in [-0.2, -0.15) is 0 Å². The van der Waals surface area contributed by atoms with Gasteiger partial charge in [-0.25, -0.2) is 0 Å². The summed E-state index contributed by atoms with van der Waals surface area (Å²) in [6.45, 7) is 1.08. The van der Waals surface area contributed by atoms with Gasteiger partial charge in [0, 0.05) is 6.42 Å². The third-order valence-electron chi connectivity index (χ3n) is 3.54. The SMILES string of the molecule is CC(=O)COc1cccc2c1C(=O)N(C(CCC=O)C(N)=O)C2=O. The predicted molar refractivity (Wildman–Crippen MR) is 81.4 cm³/mol. The van der Waals surface area contributed by atoms with Gasteiger partial charge in [0.2, 0.25) is 5.91 Å². The van der Waals surface area contributed by atoms with E-state index in [0.29, 0.717) is 6.29 Å². The molecule has 24 heavy (non-hydrogen) atoms. The van der Waals surface area contributed by atoms with Crippen LogP contribution < -0.4 is 10.5 Å². The second-order valence-electron chi connectivity index (χ2n) is 5.31. The maximum absolute atomic E-state index is 12.6. The van der Waals surface area contributed by atoms with Crippen molar-refractivity contribution in [2.75, 3.05) is 6.61 Å². The number of ketones is 1. The summed E-state index contributed by atoms with van der Waals surface area (Å²) >= 11 is 0. The number of nitrogens with zero attached hydrogens (tertiary/aromatic N) is 1. The molecule has 3 amide bonds. The lowest BCUT2D eigenvalue weighted by atomic mass is 10.1. The van der Waals surface area contributed by atoms with Crippen LogP contribution in [0.5, 0.6) is 5.75 Å². The molecule has 0 bridgehead atoms. The van der Waals surface area contributed by atoms with Gasteiger partial charge in [-0.15, -0.1) is 0 Å². The Morgan fingerprint density at radius 1 is 1.29 bits per heavy atom. The first-order valence-electron chi connectivity index (χ1n) is 7.24. The van der Waals surface area contributed by atoms with Crippen LogP contribution in [0.1, 0.15) is 40.5 Å².